The highest BCUT2D eigenvalue weighted by Gasteiger charge is 1.93. The van der Waals surface area contributed by atoms with Crippen molar-refractivity contribution < 1.29 is 4.79 Å². The maximum absolute atomic E-state index is 10.5. The minimum Gasteiger partial charge on any atom is -0.378 e. The molecule has 0 bridgehead atoms. The van der Waals surface area contributed by atoms with Crippen molar-refractivity contribution in [2.75, 3.05) is 19.0 Å². The smallest absolute Gasteiger partial charge is 0.236 e. The van der Waals surface area contributed by atoms with E-state index in [0.29, 0.717) is 0 Å². The third kappa shape index (κ3) is 3.81. The van der Waals surface area contributed by atoms with Gasteiger partial charge >= 0.3 is 0 Å². The van der Waals surface area contributed by atoms with Crippen LogP contribution in [0.1, 0.15) is 12.5 Å². The van der Waals surface area contributed by atoms with E-state index in [1.54, 1.807) is 6.21 Å². The predicted molar refractivity (Wildman–Crippen MR) is 62.2 cm³/mol. The summed E-state index contributed by atoms with van der Waals surface area (Å²) in [4.78, 5) is 12.6. The highest BCUT2D eigenvalue weighted by molar-refractivity contribution is 5.82. The fourth-order valence-corrected chi connectivity index (χ4v) is 1.06. The lowest BCUT2D eigenvalue weighted by molar-refractivity contribution is -0.118. The van der Waals surface area contributed by atoms with Crippen LogP contribution in [0.4, 0.5) is 5.69 Å². The van der Waals surface area contributed by atoms with E-state index in [4.69, 9.17) is 0 Å². The molecule has 1 aromatic rings. The molecule has 80 valence electrons. The van der Waals surface area contributed by atoms with E-state index >= 15 is 0 Å². The van der Waals surface area contributed by atoms with Gasteiger partial charge in [0, 0.05) is 26.7 Å². The van der Waals surface area contributed by atoms with Crippen molar-refractivity contribution in [3.8, 4) is 0 Å². The number of rotatable bonds is 3. The van der Waals surface area contributed by atoms with Crippen molar-refractivity contribution in [2.24, 2.45) is 5.10 Å². The Morgan fingerprint density at radius 2 is 1.93 bits per heavy atom. The molecule has 0 unspecified atom stereocenters. The summed E-state index contributed by atoms with van der Waals surface area (Å²) in [7, 11) is 3.97. The highest BCUT2D eigenvalue weighted by Crippen LogP contribution is 2.10. The number of benzene rings is 1. The zero-order valence-electron chi connectivity index (χ0n) is 9.19. The van der Waals surface area contributed by atoms with Gasteiger partial charge in [0.25, 0.3) is 0 Å². The van der Waals surface area contributed by atoms with Gasteiger partial charge in [-0.2, -0.15) is 5.10 Å². The molecular formula is C11H15N3O. The summed E-state index contributed by atoms with van der Waals surface area (Å²) in [6.07, 6.45) is 1.61. The number of amides is 1. The van der Waals surface area contributed by atoms with Crippen molar-refractivity contribution in [1.29, 1.82) is 0 Å². The van der Waals surface area contributed by atoms with Crippen LogP contribution in [0, 0.1) is 0 Å². The second-order valence-electron chi connectivity index (χ2n) is 3.41. The first-order chi connectivity index (χ1) is 7.09. The van der Waals surface area contributed by atoms with Gasteiger partial charge in [0.2, 0.25) is 5.91 Å². The average molecular weight is 205 g/mol. The molecule has 0 fully saturated rings. The van der Waals surface area contributed by atoms with Gasteiger partial charge in [-0.1, -0.05) is 12.1 Å². The first-order valence-electron chi connectivity index (χ1n) is 4.66. The highest BCUT2D eigenvalue weighted by atomic mass is 16.2. The van der Waals surface area contributed by atoms with Gasteiger partial charge in [-0.3, -0.25) is 4.79 Å². The number of carbonyl (C=O) groups is 1. The molecule has 0 aliphatic rings. The van der Waals surface area contributed by atoms with E-state index in [1.165, 1.54) is 6.92 Å². The molecule has 1 aromatic carbocycles. The SMILES string of the molecule is CC(=O)N/N=C\c1ccc(N(C)C)cc1. The fourth-order valence-electron chi connectivity index (χ4n) is 1.06. The minimum atomic E-state index is -0.170. The average Bonchev–Trinajstić information content (AvgIpc) is 2.18. The number of hydrogen-bond acceptors (Lipinski definition) is 3. The molecular weight excluding hydrogens is 190 g/mol. The number of hydrazone groups is 1. The summed E-state index contributed by atoms with van der Waals surface area (Å²) in [6, 6.07) is 7.88. The summed E-state index contributed by atoms with van der Waals surface area (Å²) >= 11 is 0. The van der Waals surface area contributed by atoms with Crippen molar-refractivity contribution in [3.63, 3.8) is 0 Å². The number of anilines is 1. The Kier molecular flexibility index (Phi) is 3.85. The molecule has 1 amide bonds. The van der Waals surface area contributed by atoms with Gasteiger partial charge in [0.1, 0.15) is 0 Å². The van der Waals surface area contributed by atoms with Crippen LogP contribution in [0.3, 0.4) is 0 Å². The fraction of sp³-hybridized carbons (Fsp3) is 0.273. The Morgan fingerprint density at radius 3 is 2.40 bits per heavy atom. The minimum absolute atomic E-state index is 0.170. The van der Waals surface area contributed by atoms with Crippen molar-refractivity contribution in [1.82, 2.24) is 5.43 Å². The first kappa shape index (κ1) is 11.2. The number of carbonyl (C=O) groups excluding carboxylic acids is 1. The standard InChI is InChI=1S/C11H15N3O/c1-9(15)13-12-8-10-4-6-11(7-5-10)14(2)3/h4-8H,1-3H3,(H,13,15)/b12-8-. The van der Waals surface area contributed by atoms with Gasteiger partial charge in [-0.05, 0) is 17.7 Å². The van der Waals surface area contributed by atoms with E-state index in [0.717, 1.165) is 11.3 Å². The zero-order chi connectivity index (χ0) is 11.3. The topological polar surface area (TPSA) is 44.7 Å². The van der Waals surface area contributed by atoms with Gasteiger partial charge in [0.15, 0.2) is 0 Å². The Balaban J connectivity index is 2.64. The predicted octanol–water partition coefficient (Wildman–Crippen LogP) is 1.22. The van der Waals surface area contributed by atoms with Crippen molar-refractivity contribution >= 4 is 17.8 Å². The van der Waals surface area contributed by atoms with Crippen molar-refractivity contribution in [3.05, 3.63) is 29.8 Å². The normalized spacial score (nSPS) is 10.3. The van der Waals surface area contributed by atoms with E-state index in [9.17, 15) is 4.79 Å². The summed E-state index contributed by atoms with van der Waals surface area (Å²) in [6.45, 7) is 1.42. The van der Waals surface area contributed by atoms with Crippen LogP contribution >= 0.6 is 0 Å². The van der Waals surface area contributed by atoms with E-state index in [2.05, 4.69) is 10.5 Å². The van der Waals surface area contributed by atoms with Crippen LogP contribution in [0.15, 0.2) is 29.4 Å². The van der Waals surface area contributed by atoms with Crippen LogP contribution in [0.25, 0.3) is 0 Å². The Bertz CT molecular complexity index is 355. The third-order valence-electron chi connectivity index (χ3n) is 1.85. The molecule has 0 saturated heterocycles. The molecule has 15 heavy (non-hydrogen) atoms. The Morgan fingerprint density at radius 1 is 1.33 bits per heavy atom. The molecule has 0 aliphatic heterocycles. The van der Waals surface area contributed by atoms with Crippen LogP contribution in [-0.2, 0) is 4.79 Å². The molecule has 0 aromatic heterocycles. The lowest BCUT2D eigenvalue weighted by atomic mass is 10.2. The second-order valence-corrected chi connectivity index (χ2v) is 3.41. The molecule has 0 atom stereocenters. The summed E-state index contributed by atoms with van der Waals surface area (Å²) in [5, 5.41) is 3.78. The Hall–Kier alpha value is -1.84. The van der Waals surface area contributed by atoms with E-state index in [1.807, 2.05) is 43.3 Å². The van der Waals surface area contributed by atoms with Gasteiger partial charge in [0.05, 0.1) is 6.21 Å². The molecule has 1 N–H and O–H groups in total. The molecule has 0 spiro atoms. The second kappa shape index (κ2) is 5.14. The monoisotopic (exact) mass is 205 g/mol. The molecule has 0 radical (unpaired) electrons. The summed E-state index contributed by atoms with van der Waals surface area (Å²) < 4.78 is 0. The van der Waals surface area contributed by atoms with Crippen LogP contribution in [-0.4, -0.2) is 26.2 Å². The molecule has 0 heterocycles. The van der Waals surface area contributed by atoms with E-state index < -0.39 is 0 Å². The molecule has 0 aliphatic carbocycles. The van der Waals surface area contributed by atoms with Gasteiger partial charge < -0.3 is 4.90 Å². The molecule has 4 heteroatoms. The lowest BCUT2D eigenvalue weighted by Crippen LogP contribution is -2.12. The summed E-state index contributed by atoms with van der Waals surface area (Å²) in [5.41, 5.74) is 4.44. The van der Waals surface area contributed by atoms with Crippen LogP contribution in [0.5, 0.6) is 0 Å². The molecule has 0 saturated carbocycles. The third-order valence-corrected chi connectivity index (χ3v) is 1.85. The number of nitrogens with one attached hydrogen (secondary N) is 1. The lowest BCUT2D eigenvalue weighted by Gasteiger charge is -2.11. The Labute approximate surface area is 89.6 Å². The van der Waals surface area contributed by atoms with Crippen LogP contribution < -0.4 is 10.3 Å². The maximum Gasteiger partial charge on any atom is 0.236 e. The van der Waals surface area contributed by atoms with Crippen molar-refractivity contribution in [2.45, 2.75) is 6.92 Å². The van der Waals surface area contributed by atoms with Crippen LogP contribution in [0.2, 0.25) is 0 Å². The van der Waals surface area contributed by atoms with E-state index in [-0.39, 0.29) is 5.91 Å². The number of hydrogen-bond donors (Lipinski definition) is 1. The summed E-state index contributed by atoms with van der Waals surface area (Å²) in [5.74, 6) is -0.170. The largest absolute Gasteiger partial charge is 0.378 e. The zero-order valence-corrected chi connectivity index (χ0v) is 9.19. The molecule has 1 rings (SSSR count). The van der Waals surface area contributed by atoms with Gasteiger partial charge in [-0.25, -0.2) is 5.43 Å². The molecule has 4 nitrogen and oxygen atoms in total. The maximum atomic E-state index is 10.5. The quantitative estimate of drug-likeness (QED) is 0.595. The van der Waals surface area contributed by atoms with Gasteiger partial charge in [-0.15, -0.1) is 0 Å². The first-order valence-corrected chi connectivity index (χ1v) is 4.66. The number of nitrogens with zero attached hydrogens (tertiary/aromatic N) is 2.